The third-order valence-corrected chi connectivity index (χ3v) is 5.43. The van der Waals surface area contributed by atoms with Gasteiger partial charge in [-0.15, -0.1) is 0 Å². The Morgan fingerprint density at radius 3 is 1.84 bits per heavy atom. The first-order valence-corrected chi connectivity index (χ1v) is 10.2. The minimum atomic E-state index is -0.395. The molecule has 2 N–H and O–H groups in total. The quantitative estimate of drug-likeness (QED) is 0.612. The van der Waals surface area contributed by atoms with E-state index < -0.39 is 5.97 Å². The summed E-state index contributed by atoms with van der Waals surface area (Å²) in [6, 6.07) is 23.0. The number of benzene rings is 3. The maximum Gasteiger partial charge on any atom is 0.337 e. The van der Waals surface area contributed by atoms with Crippen LogP contribution >= 0.6 is 0 Å². The van der Waals surface area contributed by atoms with Gasteiger partial charge in [0.05, 0.1) is 12.7 Å². The van der Waals surface area contributed by atoms with Crippen LogP contribution in [0.3, 0.4) is 0 Å². The number of nitrogens with zero attached hydrogens (tertiary/aromatic N) is 1. The molecule has 0 fully saturated rings. The van der Waals surface area contributed by atoms with E-state index in [0.717, 1.165) is 13.1 Å². The molecule has 0 radical (unpaired) electrons. The van der Waals surface area contributed by atoms with E-state index in [1.807, 2.05) is 24.3 Å². The number of hydrogen-bond acceptors (Lipinski definition) is 4. The zero-order valence-electron chi connectivity index (χ0n) is 17.4. The molecule has 2 aliphatic rings. The minimum absolute atomic E-state index is 0.151. The van der Waals surface area contributed by atoms with E-state index in [2.05, 4.69) is 39.6 Å². The Hall–Kier alpha value is -3.64. The van der Waals surface area contributed by atoms with Crippen LogP contribution in [0.1, 0.15) is 32.6 Å². The van der Waals surface area contributed by atoms with Gasteiger partial charge in [-0.3, -0.25) is 0 Å². The predicted octanol–water partition coefficient (Wildman–Crippen LogP) is 4.31. The van der Waals surface area contributed by atoms with Gasteiger partial charge in [-0.25, -0.2) is 9.59 Å². The number of esters is 1. The van der Waals surface area contributed by atoms with Crippen molar-refractivity contribution < 1.29 is 14.3 Å². The molecule has 158 valence electrons. The molecule has 2 amide bonds. The normalized spacial score (nSPS) is 13.5. The number of amides is 2. The molecule has 0 saturated heterocycles. The molecule has 0 bridgehead atoms. The Morgan fingerprint density at radius 2 is 1.32 bits per heavy atom. The number of carbonyl (C=O) groups is 2. The number of ether oxygens (including phenoxy) is 1. The Labute approximate surface area is 181 Å². The molecular weight excluding hydrogens is 390 g/mol. The van der Waals surface area contributed by atoms with Gasteiger partial charge in [0.15, 0.2) is 0 Å². The Kier molecular flexibility index (Phi) is 6.29. The summed E-state index contributed by atoms with van der Waals surface area (Å²) in [5, 5.41) is 6.13. The molecule has 0 aliphatic carbocycles. The average molecular weight is 415 g/mol. The SMILES string of the molecule is COC(=O)c1ccc(NC(=O)N2Cc3ccccc3C2)cc1.c1ccc2c(c1)CNC2. The molecular formula is C25H25N3O3. The summed E-state index contributed by atoms with van der Waals surface area (Å²) < 4.78 is 4.64. The first-order valence-electron chi connectivity index (χ1n) is 10.2. The summed E-state index contributed by atoms with van der Waals surface area (Å²) in [7, 11) is 1.34. The Bertz CT molecular complexity index is 1030. The van der Waals surface area contributed by atoms with Gasteiger partial charge in [0.2, 0.25) is 0 Å². The van der Waals surface area contributed by atoms with Gasteiger partial charge >= 0.3 is 12.0 Å². The Balaban J connectivity index is 0.000000212. The van der Waals surface area contributed by atoms with Crippen LogP contribution in [0.15, 0.2) is 72.8 Å². The van der Waals surface area contributed by atoms with Crippen LogP contribution in [0.25, 0.3) is 0 Å². The van der Waals surface area contributed by atoms with Crippen LogP contribution in [0.5, 0.6) is 0 Å². The van der Waals surface area contributed by atoms with Gasteiger partial charge in [0.25, 0.3) is 0 Å². The first kappa shape index (κ1) is 20.6. The van der Waals surface area contributed by atoms with Crippen molar-refractivity contribution >= 4 is 17.7 Å². The molecule has 0 saturated carbocycles. The lowest BCUT2D eigenvalue weighted by Crippen LogP contribution is -2.30. The number of nitrogens with one attached hydrogen (secondary N) is 2. The number of hydrogen-bond donors (Lipinski definition) is 2. The van der Waals surface area contributed by atoms with Gasteiger partial charge in [-0.1, -0.05) is 48.5 Å². The van der Waals surface area contributed by atoms with Crippen molar-refractivity contribution in [2.24, 2.45) is 0 Å². The molecule has 31 heavy (non-hydrogen) atoms. The van der Waals surface area contributed by atoms with Crippen LogP contribution in [0, 0.1) is 0 Å². The molecule has 0 aromatic heterocycles. The molecule has 6 heteroatoms. The second-order valence-corrected chi connectivity index (χ2v) is 7.50. The van der Waals surface area contributed by atoms with Crippen molar-refractivity contribution in [2.45, 2.75) is 26.2 Å². The van der Waals surface area contributed by atoms with Crippen molar-refractivity contribution in [3.8, 4) is 0 Å². The molecule has 0 spiro atoms. The maximum atomic E-state index is 12.3. The summed E-state index contributed by atoms with van der Waals surface area (Å²) in [6.07, 6.45) is 0. The number of fused-ring (bicyclic) bond motifs is 2. The maximum absolute atomic E-state index is 12.3. The van der Waals surface area contributed by atoms with Crippen LogP contribution in [-0.4, -0.2) is 24.0 Å². The van der Waals surface area contributed by atoms with Crippen LogP contribution in [0.2, 0.25) is 0 Å². The van der Waals surface area contributed by atoms with E-state index in [4.69, 9.17) is 0 Å². The molecule has 6 nitrogen and oxygen atoms in total. The number of urea groups is 1. The number of carbonyl (C=O) groups excluding carboxylic acids is 2. The molecule has 2 aliphatic heterocycles. The zero-order valence-corrected chi connectivity index (χ0v) is 17.4. The van der Waals surface area contributed by atoms with E-state index in [9.17, 15) is 9.59 Å². The first-order chi connectivity index (χ1) is 15.1. The smallest absolute Gasteiger partial charge is 0.337 e. The number of methoxy groups -OCH3 is 1. The van der Waals surface area contributed by atoms with Gasteiger partial charge in [-0.2, -0.15) is 0 Å². The topological polar surface area (TPSA) is 70.7 Å². The molecule has 3 aromatic carbocycles. The van der Waals surface area contributed by atoms with E-state index >= 15 is 0 Å². The lowest BCUT2D eigenvalue weighted by molar-refractivity contribution is 0.0600. The fourth-order valence-electron chi connectivity index (χ4n) is 3.72. The van der Waals surface area contributed by atoms with E-state index in [1.165, 1.54) is 29.4 Å². The summed E-state index contributed by atoms with van der Waals surface area (Å²) in [5.74, 6) is -0.395. The van der Waals surface area contributed by atoms with Crippen LogP contribution < -0.4 is 10.6 Å². The zero-order chi connectivity index (χ0) is 21.6. The average Bonchev–Trinajstić information content (AvgIpc) is 3.46. The molecule has 0 unspecified atom stereocenters. The summed E-state index contributed by atoms with van der Waals surface area (Å²) in [6.45, 7) is 3.33. The lowest BCUT2D eigenvalue weighted by Gasteiger charge is -2.16. The van der Waals surface area contributed by atoms with Gasteiger partial charge in [0, 0.05) is 31.9 Å². The number of anilines is 1. The largest absolute Gasteiger partial charge is 0.465 e. The third-order valence-electron chi connectivity index (χ3n) is 5.43. The third kappa shape index (κ3) is 4.92. The fourth-order valence-corrected chi connectivity index (χ4v) is 3.72. The van der Waals surface area contributed by atoms with E-state index in [0.29, 0.717) is 24.3 Å². The highest BCUT2D eigenvalue weighted by atomic mass is 16.5. The van der Waals surface area contributed by atoms with Crippen molar-refractivity contribution in [2.75, 3.05) is 12.4 Å². The monoisotopic (exact) mass is 415 g/mol. The molecule has 5 rings (SSSR count). The summed E-state index contributed by atoms with van der Waals surface area (Å²) in [5.41, 5.74) is 6.37. The minimum Gasteiger partial charge on any atom is -0.465 e. The summed E-state index contributed by atoms with van der Waals surface area (Å²) >= 11 is 0. The molecule has 0 atom stereocenters. The van der Waals surface area contributed by atoms with Gasteiger partial charge in [0.1, 0.15) is 0 Å². The second kappa shape index (κ2) is 9.45. The highest BCUT2D eigenvalue weighted by Crippen LogP contribution is 2.23. The van der Waals surface area contributed by atoms with Crippen molar-refractivity contribution in [3.63, 3.8) is 0 Å². The van der Waals surface area contributed by atoms with Crippen molar-refractivity contribution in [3.05, 3.63) is 101 Å². The van der Waals surface area contributed by atoms with Gasteiger partial charge < -0.3 is 20.3 Å². The van der Waals surface area contributed by atoms with Crippen LogP contribution in [0.4, 0.5) is 10.5 Å². The molecule has 2 heterocycles. The van der Waals surface area contributed by atoms with Gasteiger partial charge in [-0.05, 0) is 46.5 Å². The van der Waals surface area contributed by atoms with E-state index in [1.54, 1.807) is 29.2 Å². The molecule has 3 aromatic rings. The fraction of sp³-hybridized carbons (Fsp3) is 0.200. The Morgan fingerprint density at radius 1 is 0.806 bits per heavy atom. The van der Waals surface area contributed by atoms with E-state index in [-0.39, 0.29) is 6.03 Å². The van der Waals surface area contributed by atoms with Crippen LogP contribution in [-0.2, 0) is 30.9 Å². The lowest BCUT2D eigenvalue weighted by atomic mass is 10.1. The standard InChI is InChI=1S/C17H16N2O3.C8H9N/c1-22-16(20)12-6-8-15(9-7-12)18-17(21)19-10-13-4-2-3-5-14(13)11-19;1-2-4-8-6-9-5-7(8)3-1/h2-9H,10-11H2,1H3,(H,18,21);1-4,9H,5-6H2. The van der Waals surface area contributed by atoms with Crippen molar-refractivity contribution in [1.82, 2.24) is 10.2 Å². The highest BCUT2D eigenvalue weighted by molar-refractivity contribution is 5.92. The predicted molar refractivity (Wildman–Crippen MR) is 119 cm³/mol. The summed E-state index contributed by atoms with van der Waals surface area (Å²) in [4.78, 5) is 25.4. The number of rotatable bonds is 2. The second-order valence-electron chi connectivity index (χ2n) is 7.50. The highest BCUT2D eigenvalue weighted by Gasteiger charge is 2.22. The van der Waals surface area contributed by atoms with Crippen molar-refractivity contribution in [1.29, 1.82) is 0 Å².